The largest absolute Gasteiger partial charge is 0.359 e. The van der Waals surface area contributed by atoms with Crippen molar-refractivity contribution in [3.8, 4) is 0 Å². The van der Waals surface area contributed by atoms with E-state index in [1.807, 2.05) is 18.7 Å². The molecule has 1 aromatic heterocycles. The molecular formula is C10H19N3S2. The maximum Gasteiger partial charge on any atom is 0.202 e. The van der Waals surface area contributed by atoms with Gasteiger partial charge in [0, 0.05) is 22.8 Å². The molecule has 0 bridgehead atoms. The summed E-state index contributed by atoms with van der Waals surface area (Å²) in [5.74, 6) is 0.852. The van der Waals surface area contributed by atoms with Gasteiger partial charge in [-0.05, 0) is 26.0 Å². The van der Waals surface area contributed by atoms with Crippen molar-refractivity contribution < 1.29 is 0 Å². The van der Waals surface area contributed by atoms with Gasteiger partial charge in [-0.1, -0.05) is 13.8 Å². The van der Waals surface area contributed by atoms with Crippen LogP contribution in [0.4, 0.5) is 5.13 Å². The van der Waals surface area contributed by atoms with E-state index in [1.165, 1.54) is 24.4 Å². The molecule has 0 aliphatic carbocycles. The number of rotatable bonds is 6. The quantitative estimate of drug-likeness (QED) is 0.835. The monoisotopic (exact) mass is 245 g/mol. The highest BCUT2D eigenvalue weighted by Crippen LogP contribution is 2.30. The van der Waals surface area contributed by atoms with Crippen LogP contribution in [0.25, 0.3) is 0 Å². The highest BCUT2D eigenvalue weighted by molar-refractivity contribution is 8.00. The van der Waals surface area contributed by atoms with Crippen LogP contribution in [-0.4, -0.2) is 26.9 Å². The van der Waals surface area contributed by atoms with Crippen molar-refractivity contribution in [2.75, 3.05) is 18.1 Å². The lowest BCUT2D eigenvalue weighted by molar-refractivity contribution is 0.574. The predicted octanol–water partition coefficient (Wildman–Crippen LogP) is 3.18. The Bertz CT molecular complexity index is 286. The number of hydrogen-bond acceptors (Lipinski definition) is 5. The predicted molar refractivity (Wildman–Crippen MR) is 70.0 cm³/mol. The molecule has 0 saturated heterocycles. The van der Waals surface area contributed by atoms with Gasteiger partial charge in [0.1, 0.15) is 5.82 Å². The number of aryl methyl sites for hydroxylation is 1. The summed E-state index contributed by atoms with van der Waals surface area (Å²) < 4.78 is 4.49. The zero-order chi connectivity index (χ0) is 11.3. The van der Waals surface area contributed by atoms with E-state index in [0.29, 0.717) is 4.75 Å². The summed E-state index contributed by atoms with van der Waals surface area (Å²) in [6.07, 6.45) is 4.53. The van der Waals surface area contributed by atoms with Crippen LogP contribution in [-0.2, 0) is 0 Å². The molecular weight excluding hydrogens is 226 g/mol. The van der Waals surface area contributed by atoms with Gasteiger partial charge in [0.15, 0.2) is 0 Å². The second kappa shape index (κ2) is 5.70. The Morgan fingerprint density at radius 3 is 2.47 bits per heavy atom. The Morgan fingerprint density at radius 2 is 2.07 bits per heavy atom. The highest BCUT2D eigenvalue weighted by atomic mass is 32.2. The van der Waals surface area contributed by atoms with Gasteiger partial charge in [0.2, 0.25) is 5.13 Å². The molecule has 0 fully saturated rings. The second-order valence-corrected chi connectivity index (χ2v) is 5.62. The van der Waals surface area contributed by atoms with Crippen molar-refractivity contribution in [1.29, 1.82) is 0 Å². The van der Waals surface area contributed by atoms with E-state index in [1.54, 1.807) is 0 Å². The lowest BCUT2D eigenvalue weighted by Gasteiger charge is -2.29. The summed E-state index contributed by atoms with van der Waals surface area (Å²) in [5.41, 5.74) is 0. The SMILES string of the molecule is CCC(CC)(CNc1nc(C)ns1)SC. The third-order valence-electron chi connectivity index (χ3n) is 2.81. The summed E-state index contributed by atoms with van der Waals surface area (Å²) in [6, 6.07) is 0. The normalized spacial score (nSPS) is 11.7. The van der Waals surface area contributed by atoms with Gasteiger partial charge in [-0.25, -0.2) is 4.98 Å². The zero-order valence-corrected chi connectivity index (χ0v) is 11.5. The highest BCUT2D eigenvalue weighted by Gasteiger charge is 2.24. The van der Waals surface area contributed by atoms with Crippen LogP contribution >= 0.6 is 23.3 Å². The van der Waals surface area contributed by atoms with E-state index in [9.17, 15) is 0 Å². The van der Waals surface area contributed by atoms with Crippen LogP contribution in [0.2, 0.25) is 0 Å². The third-order valence-corrected chi connectivity index (χ3v) is 5.16. The minimum absolute atomic E-state index is 0.333. The molecule has 0 unspecified atom stereocenters. The smallest absolute Gasteiger partial charge is 0.202 e. The van der Waals surface area contributed by atoms with Crippen LogP contribution in [0.3, 0.4) is 0 Å². The van der Waals surface area contributed by atoms with Crippen molar-refractivity contribution in [3.05, 3.63) is 5.82 Å². The fourth-order valence-corrected chi connectivity index (χ4v) is 2.83. The maximum atomic E-state index is 4.30. The summed E-state index contributed by atoms with van der Waals surface area (Å²) in [5, 5.41) is 4.32. The molecule has 0 spiro atoms. The topological polar surface area (TPSA) is 37.8 Å². The molecule has 0 radical (unpaired) electrons. The van der Waals surface area contributed by atoms with E-state index in [2.05, 4.69) is 34.8 Å². The summed E-state index contributed by atoms with van der Waals surface area (Å²) in [7, 11) is 0. The van der Waals surface area contributed by atoms with E-state index in [0.717, 1.165) is 17.5 Å². The standard InChI is InChI=1S/C10H19N3S2/c1-5-10(6-2,14-4)7-11-9-12-8(3)13-15-9/h5-7H2,1-4H3,(H,11,12,13). The number of aromatic nitrogens is 2. The van der Waals surface area contributed by atoms with Crippen LogP contribution in [0.5, 0.6) is 0 Å². The molecule has 0 aromatic carbocycles. The minimum Gasteiger partial charge on any atom is -0.359 e. The molecule has 0 aliphatic heterocycles. The average Bonchev–Trinajstić information content (AvgIpc) is 2.67. The van der Waals surface area contributed by atoms with Crippen LogP contribution < -0.4 is 5.32 Å². The molecule has 0 saturated carbocycles. The third kappa shape index (κ3) is 3.34. The van der Waals surface area contributed by atoms with Crippen molar-refractivity contribution in [1.82, 2.24) is 9.36 Å². The Hall–Kier alpha value is -0.290. The minimum atomic E-state index is 0.333. The molecule has 86 valence electrons. The number of hydrogen-bond donors (Lipinski definition) is 1. The fourth-order valence-electron chi connectivity index (χ4n) is 1.47. The summed E-state index contributed by atoms with van der Waals surface area (Å²) >= 11 is 3.38. The Kier molecular flexibility index (Phi) is 4.86. The van der Waals surface area contributed by atoms with Gasteiger partial charge in [-0.15, -0.1) is 0 Å². The first-order chi connectivity index (χ1) is 7.15. The zero-order valence-electron chi connectivity index (χ0n) is 9.83. The molecule has 3 nitrogen and oxygen atoms in total. The first-order valence-electron chi connectivity index (χ1n) is 5.25. The van der Waals surface area contributed by atoms with Gasteiger partial charge in [-0.2, -0.15) is 16.1 Å². The molecule has 5 heteroatoms. The van der Waals surface area contributed by atoms with E-state index >= 15 is 0 Å². The van der Waals surface area contributed by atoms with E-state index in [-0.39, 0.29) is 0 Å². The molecule has 1 N–H and O–H groups in total. The molecule has 1 aromatic rings. The van der Waals surface area contributed by atoms with Gasteiger partial charge in [0.25, 0.3) is 0 Å². The van der Waals surface area contributed by atoms with Crippen molar-refractivity contribution >= 4 is 28.4 Å². The van der Waals surface area contributed by atoms with Crippen molar-refractivity contribution in [2.45, 2.75) is 38.4 Å². The van der Waals surface area contributed by atoms with Crippen molar-refractivity contribution in [3.63, 3.8) is 0 Å². The average molecular weight is 245 g/mol. The lowest BCUT2D eigenvalue weighted by Crippen LogP contribution is -2.31. The van der Waals surface area contributed by atoms with E-state index in [4.69, 9.17) is 0 Å². The first kappa shape index (κ1) is 12.8. The lowest BCUT2D eigenvalue weighted by atomic mass is 10.0. The fraction of sp³-hybridized carbons (Fsp3) is 0.800. The molecule has 0 atom stereocenters. The summed E-state index contributed by atoms with van der Waals surface area (Å²) in [4.78, 5) is 4.30. The van der Waals surface area contributed by atoms with Crippen LogP contribution in [0.1, 0.15) is 32.5 Å². The Morgan fingerprint density at radius 1 is 1.40 bits per heavy atom. The van der Waals surface area contributed by atoms with Crippen molar-refractivity contribution in [2.24, 2.45) is 0 Å². The van der Waals surface area contributed by atoms with Gasteiger partial charge in [0.05, 0.1) is 0 Å². The Labute approximate surface area is 100 Å². The molecule has 1 heterocycles. The van der Waals surface area contributed by atoms with E-state index < -0.39 is 0 Å². The number of thioether (sulfide) groups is 1. The van der Waals surface area contributed by atoms with Crippen LogP contribution in [0.15, 0.2) is 0 Å². The molecule has 0 amide bonds. The number of nitrogens with zero attached hydrogens (tertiary/aromatic N) is 2. The Balaban J connectivity index is 2.54. The first-order valence-corrected chi connectivity index (χ1v) is 7.25. The molecule has 0 aliphatic rings. The van der Waals surface area contributed by atoms with Gasteiger partial charge < -0.3 is 5.32 Å². The molecule has 15 heavy (non-hydrogen) atoms. The number of nitrogens with one attached hydrogen (secondary N) is 1. The molecule has 1 rings (SSSR count). The summed E-state index contributed by atoms with van der Waals surface area (Å²) in [6.45, 7) is 7.37. The van der Waals surface area contributed by atoms with Gasteiger partial charge >= 0.3 is 0 Å². The maximum absolute atomic E-state index is 4.30. The van der Waals surface area contributed by atoms with Gasteiger partial charge in [-0.3, -0.25) is 0 Å². The number of anilines is 1. The second-order valence-electron chi connectivity index (χ2n) is 3.59. The van der Waals surface area contributed by atoms with Crippen LogP contribution in [0, 0.1) is 6.92 Å².